The van der Waals surface area contributed by atoms with Crippen molar-refractivity contribution in [3.8, 4) is 16.9 Å². The molecule has 0 saturated heterocycles. The highest BCUT2D eigenvalue weighted by atomic mass is 16.1. The number of carbonyl (C=O) groups excluding carboxylic acids is 1. The van der Waals surface area contributed by atoms with Crippen LogP contribution in [0.4, 0.5) is 5.95 Å². The molecule has 2 heterocycles. The molecule has 0 aliphatic heterocycles. The summed E-state index contributed by atoms with van der Waals surface area (Å²) in [5, 5.41) is 7.80. The molecule has 0 radical (unpaired) electrons. The van der Waals surface area contributed by atoms with E-state index in [4.69, 9.17) is 5.10 Å². The molecule has 5 aromatic rings. The van der Waals surface area contributed by atoms with E-state index in [9.17, 15) is 4.79 Å². The van der Waals surface area contributed by atoms with Crippen LogP contribution in [0.15, 0.2) is 84.9 Å². The molecule has 31 heavy (non-hydrogen) atoms. The number of aromatic nitrogens is 4. The van der Waals surface area contributed by atoms with Crippen molar-refractivity contribution >= 4 is 22.9 Å². The van der Waals surface area contributed by atoms with Crippen LogP contribution < -0.4 is 5.32 Å². The van der Waals surface area contributed by atoms with Gasteiger partial charge < -0.3 is 4.57 Å². The third-order valence-electron chi connectivity index (χ3n) is 5.40. The van der Waals surface area contributed by atoms with E-state index >= 15 is 0 Å². The van der Waals surface area contributed by atoms with E-state index in [0.29, 0.717) is 17.2 Å². The first-order valence-electron chi connectivity index (χ1n) is 10.1. The van der Waals surface area contributed by atoms with Gasteiger partial charge in [0.25, 0.3) is 5.91 Å². The van der Waals surface area contributed by atoms with E-state index < -0.39 is 0 Å². The number of fused-ring (bicyclic) bond motifs is 1. The first-order chi connectivity index (χ1) is 15.1. The Morgan fingerprint density at radius 1 is 0.871 bits per heavy atom. The fraction of sp³-hybridized carbons (Fsp3) is 0.0800. The van der Waals surface area contributed by atoms with Crippen molar-refractivity contribution < 1.29 is 4.79 Å². The van der Waals surface area contributed by atoms with Crippen molar-refractivity contribution in [1.82, 2.24) is 19.3 Å². The number of amides is 1. The van der Waals surface area contributed by atoms with E-state index in [1.807, 2.05) is 108 Å². The fourth-order valence-corrected chi connectivity index (χ4v) is 3.81. The number of hydrogen-bond donors (Lipinski definition) is 1. The van der Waals surface area contributed by atoms with Crippen molar-refractivity contribution in [1.29, 1.82) is 0 Å². The first-order valence-corrected chi connectivity index (χ1v) is 10.1. The van der Waals surface area contributed by atoms with E-state index in [1.165, 1.54) is 0 Å². The van der Waals surface area contributed by atoms with E-state index in [2.05, 4.69) is 10.3 Å². The molecule has 0 aliphatic carbocycles. The molecule has 0 saturated carbocycles. The quantitative estimate of drug-likeness (QED) is 0.457. The van der Waals surface area contributed by atoms with E-state index in [1.54, 1.807) is 0 Å². The van der Waals surface area contributed by atoms with Crippen LogP contribution in [0, 0.1) is 6.92 Å². The molecule has 152 valence electrons. The normalized spacial score (nSPS) is 11.0. The zero-order valence-corrected chi connectivity index (χ0v) is 17.3. The summed E-state index contributed by atoms with van der Waals surface area (Å²) in [5.74, 6) is 0.258. The van der Waals surface area contributed by atoms with Crippen molar-refractivity contribution in [2.45, 2.75) is 6.92 Å². The summed E-state index contributed by atoms with van der Waals surface area (Å²) in [4.78, 5) is 18.1. The average Bonchev–Trinajstić information content (AvgIpc) is 3.32. The van der Waals surface area contributed by atoms with Gasteiger partial charge in [-0.3, -0.25) is 10.1 Å². The van der Waals surface area contributed by atoms with Crippen LogP contribution in [0.25, 0.3) is 28.0 Å². The molecule has 0 spiro atoms. The molecule has 5 rings (SSSR count). The smallest absolute Gasteiger partial charge is 0.262 e. The van der Waals surface area contributed by atoms with Gasteiger partial charge in [-0.1, -0.05) is 60.7 Å². The van der Waals surface area contributed by atoms with Gasteiger partial charge in [0.05, 0.1) is 28.0 Å². The topological polar surface area (TPSA) is 64.7 Å². The minimum Gasteiger partial charge on any atom is -0.313 e. The number of imidazole rings is 1. The molecular formula is C25H21N5O. The second-order valence-corrected chi connectivity index (χ2v) is 7.36. The number of rotatable bonds is 4. The maximum atomic E-state index is 13.5. The Morgan fingerprint density at radius 3 is 2.23 bits per heavy atom. The van der Waals surface area contributed by atoms with Crippen LogP contribution in [-0.4, -0.2) is 25.2 Å². The highest BCUT2D eigenvalue weighted by Crippen LogP contribution is 2.28. The van der Waals surface area contributed by atoms with Gasteiger partial charge in [-0.15, -0.1) is 0 Å². The van der Waals surface area contributed by atoms with Gasteiger partial charge >= 0.3 is 0 Å². The van der Waals surface area contributed by atoms with E-state index in [-0.39, 0.29) is 5.91 Å². The zero-order chi connectivity index (χ0) is 21.4. The minimum absolute atomic E-state index is 0.239. The highest BCUT2D eigenvalue weighted by molar-refractivity contribution is 6.09. The Kier molecular flexibility index (Phi) is 4.59. The van der Waals surface area contributed by atoms with Crippen molar-refractivity contribution in [3.63, 3.8) is 0 Å². The van der Waals surface area contributed by atoms with Crippen LogP contribution in [0.5, 0.6) is 0 Å². The summed E-state index contributed by atoms with van der Waals surface area (Å²) in [6.07, 6.45) is 0. The minimum atomic E-state index is -0.239. The van der Waals surface area contributed by atoms with Gasteiger partial charge in [-0.05, 0) is 31.2 Å². The lowest BCUT2D eigenvalue weighted by atomic mass is 10.1. The zero-order valence-electron chi connectivity index (χ0n) is 17.3. The summed E-state index contributed by atoms with van der Waals surface area (Å²) >= 11 is 0. The molecule has 0 bridgehead atoms. The molecule has 6 heteroatoms. The standard InChI is InChI=1S/C25H21N5O/c1-17-22(24(31)27-25-26-20-15-9-10-16-21(20)29(25)2)23(18-11-5-3-6-12-18)28-30(17)19-13-7-4-8-14-19/h3-16H,1-2H3,(H,26,27,31). The predicted octanol–water partition coefficient (Wildman–Crippen LogP) is 4.99. The number of hydrogen-bond acceptors (Lipinski definition) is 3. The van der Waals surface area contributed by atoms with Gasteiger partial charge in [0.15, 0.2) is 0 Å². The van der Waals surface area contributed by atoms with Crippen LogP contribution >= 0.6 is 0 Å². The summed E-state index contributed by atoms with van der Waals surface area (Å²) in [6, 6.07) is 27.4. The third kappa shape index (κ3) is 3.28. The molecule has 2 aromatic heterocycles. The number of nitrogens with one attached hydrogen (secondary N) is 1. The maximum absolute atomic E-state index is 13.5. The Morgan fingerprint density at radius 2 is 1.52 bits per heavy atom. The van der Waals surface area contributed by atoms with E-state index in [0.717, 1.165) is 28.0 Å². The van der Waals surface area contributed by atoms with Crippen molar-refractivity contribution in [2.75, 3.05) is 5.32 Å². The monoisotopic (exact) mass is 407 g/mol. The molecule has 1 amide bonds. The lowest BCUT2D eigenvalue weighted by Crippen LogP contribution is -2.16. The second-order valence-electron chi connectivity index (χ2n) is 7.36. The molecule has 0 atom stereocenters. The number of carbonyl (C=O) groups is 1. The van der Waals surface area contributed by atoms with Gasteiger partial charge in [-0.2, -0.15) is 5.10 Å². The Bertz CT molecular complexity index is 1380. The molecule has 0 aliphatic rings. The van der Waals surface area contributed by atoms with Gasteiger partial charge in [-0.25, -0.2) is 9.67 Å². The number of benzene rings is 3. The third-order valence-corrected chi connectivity index (χ3v) is 5.40. The largest absolute Gasteiger partial charge is 0.313 e. The van der Waals surface area contributed by atoms with Gasteiger partial charge in [0, 0.05) is 12.6 Å². The Labute approximate surface area is 179 Å². The highest BCUT2D eigenvalue weighted by Gasteiger charge is 2.24. The predicted molar refractivity (Wildman–Crippen MR) is 122 cm³/mol. The molecule has 6 nitrogen and oxygen atoms in total. The number of aryl methyl sites for hydroxylation is 1. The summed E-state index contributed by atoms with van der Waals surface area (Å²) < 4.78 is 3.69. The van der Waals surface area contributed by atoms with Gasteiger partial charge in [0.2, 0.25) is 5.95 Å². The molecule has 0 fully saturated rings. The average molecular weight is 407 g/mol. The number of nitrogens with zero attached hydrogens (tertiary/aromatic N) is 4. The fourth-order valence-electron chi connectivity index (χ4n) is 3.81. The van der Waals surface area contributed by atoms with Crippen LogP contribution in [0.2, 0.25) is 0 Å². The van der Waals surface area contributed by atoms with Crippen molar-refractivity contribution in [2.24, 2.45) is 7.05 Å². The maximum Gasteiger partial charge on any atom is 0.262 e. The SMILES string of the molecule is Cc1c(C(=O)Nc2nc3ccccc3n2C)c(-c2ccccc2)nn1-c1ccccc1. The summed E-state index contributed by atoms with van der Waals surface area (Å²) in [6.45, 7) is 1.91. The lowest BCUT2D eigenvalue weighted by Gasteiger charge is -2.07. The lowest BCUT2D eigenvalue weighted by molar-refractivity contribution is 0.102. The van der Waals surface area contributed by atoms with Crippen LogP contribution in [-0.2, 0) is 7.05 Å². The second kappa shape index (κ2) is 7.57. The van der Waals surface area contributed by atoms with Crippen molar-refractivity contribution in [3.05, 3.63) is 96.2 Å². The molecular weight excluding hydrogens is 386 g/mol. The summed E-state index contributed by atoms with van der Waals surface area (Å²) in [7, 11) is 1.89. The molecule has 3 aromatic carbocycles. The first kappa shape index (κ1) is 18.8. The number of para-hydroxylation sites is 3. The van der Waals surface area contributed by atoms with Crippen LogP contribution in [0.3, 0.4) is 0 Å². The Balaban J connectivity index is 1.62. The molecule has 0 unspecified atom stereocenters. The summed E-state index contributed by atoms with van der Waals surface area (Å²) in [5.41, 5.74) is 5.51. The van der Waals surface area contributed by atoms with Crippen LogP contribution in [0.1, 0.15) is 16.1 Å². The number of anilines is 1. The Hall–Kier alpha value is -4.19. The van der Waals surface area contributed by atoms with Gasteiger partial charge in [0.1, 0.15) is 5.69 Å². The molecule has 1 N–H and O–H groups in total.